The van der Waals surface area contributed by atoms with E-state index in [9.17, 15) is 4.79 Å². The highest BCUT2D eigenvalue weighted by molar-refractivity contribution is 7.10. The summed E-state index contributed by atoms with van der Waals surface area (Å²) in [5.41, 5.74) is 0.411. The molecule has 1 aromatic rings. The van der Waals surface area contributed by atoms with Crippen LogP contribution in [0.4, 0.5) is 0 Å². The topological polar surface area (TPSA) is 43.8 Å². The van der Waals surface area contributed by atoms with Crippen molar-refractivity contribution in [1.82, 2.24) is 9.80 Å². The van der Waals surface area contributed by atoms with Gasteiger partial charge >= 0.3 is 5.97 Å². The lowest BCUT2D eigenvalue weighted by atomic mass is 10.3. The number of nitrogens with zero attached hydrogens (tertiary/aromatic N) is 2. The molecular formula is C11H16N2O2S. The van der Waals surface area contributed by atoms with E-state index in [1.165, 1.54) is 11.3 Å². The Hall–Kier alpha value is -0.910. The maximum atomic E-state index is 10.7. The lowest BCUT2D eigenvalue weighted by Gasteiger charge is -2.31. The van der Waals surface area contributed by atoms with Gasteiger partial charge in [-0.1, -0.05) is 0 Å². The molecule has 0 radical (unpaired) electrons. The molecule has 2 heterocycles. The van der Waals surface area contributed by atoms with Crippen LogP contribution in [-0.4, -0.2) is 54.1 Å². The number of rotatable bonds is 3. The van der Waals surface area contributed by atoms with Crippen molar-refractivity contribution in [1.29, 1.82) is 0 Å². The van der Waals surface area contributed by atoms with E-state index in [0.29, 0.717) is 5.56 Å². The van der Waals surface area contributed by atoms with Crippen LogP contribution in [-0.2, 0) is 6.54 Å². The fourth-order valence-corrected chi connectivity index (χ4v) is 2.70. The van der Waals surface area contributed by atoms with Gasteiger partial charge in [0.25, 0.3) is 0 Å². The zero-order valence-electron chi connectivity index (χ0n) is 9.35. The maximum absolute atomic E-state index is 10.7. The minimum absolute atomic E-state index is 0.411. The smallest absolute Gasteiger partial charge is 0.336 e. The average molecular weight is 240 g/mol. The number of piperazine rings is 1. The highest BCUT2D eigenvalue weighted by Crippen LogP contribution is 2.17. The predicted octanol–water partition coefficient (Wildman–Crippen LogP) is 1.19. The zero-order valence-corrected chi connectivity index (χ0v) is 10.2. The molecule has 2 rings (SSSR count). The number of hydrogen-bond donors (Lipinski definition) is 1. The van der Waals surface area contributed by atoms with E-state index < -0.39 is 5.97 Å². The SMILES string of the molecule is CN1CCN(Cc2cc(C(=O)O)cs2)CC1. The number of carboxylic acid groups (broad SMARTS) is 1. The van der Waals surface area contributed by atoms with Gasteiger partial charge in [0.05, 0.1) is 5.56 Å². The Kier molecular flexibility index (Phi) is 3.58. The largest absolute Gasteiger partial charge is 0.478 e. The summed E-state index contributed by atoms with van der Waals surface area (Å²) in [7, 11) is 2.13. The molecule has 0 spiro atoms. The first-order chi connectivity index (χ1) is 7.65. The van der Waals surface area contributed by atoms with E-state index in [-0.39, 0.29) is 0 Å². The number of hydrogen-bond acceptors (Lipinski definition) is 4. The Bertz CT molecular complexity index is 370. The van der Waals surface area contributed by atoms with Crippen molar-refractivity contribution < 1.29 is 9.90 Å². The second-order valence-corrected chi connectivity index (χ2v) is 5.18. The van der Waals surface area contributed by atoms with Crippen LogP contribution in [0.1, 0.15) is 15.2 Å². The van der Waals surface area contributed by atoms with Crippen molar-refractivity contribution in [3.63, 3.8) is 0 Å². The molecule has 0 amide bonds. The predicted molar refractivity (Wildman–Crippen MR) is 64.1 cm³/mol. The molecule has 0 aliphatic carbocycles. The molecule has 88 valence electrons. The highest BCUT2D eigenvalue weighted by atomic mass is 32.1. The lowest BCUT2D eigenvalue weighted by molar-refractivity contribution is 0.0697. The van der Waals surface area contributed by atoms with E-state index >= 15 is 0 Å². The van der Waals surface area contributed by atoms with Gasteiger partial charge in [-0.15, -0.1) is 11.3 Å². The first-order valence-electron chi connectivity index (χ1n) is 5.37. The molecule has 1 saturated heterocycles. The van der Waals surface area contributed by atoms with E-state index in [4.69, 9.17) is 5.11 Å². The second kappa shape index (κ2) is 4.95. The van der Waals surface area contributed by atoms with Crippen LogP contribution in [0.3, 0.4) is 0 Å². The Morgan fingerprint density at radius 2 is 2.12 bits per heavy atom. The Morgan fingerprint density at radius 3 is 2.69 bits per heavy atom. The molecule has 0 saturated carbocycles. The second-order valence-electron chi connectivity index (χ2n) is 4.19. The summed E-state index contributed by atoms with van der Waals surface area (Å²) in [6, 6.07) is 1.78. The monoisotopic (exact) mass is 240 g/mol. The third kappa shape index (κ3) is 2.81. The van der Waals surface area contributed by atoms with Crippen LogP contribution in [0.2, 0.25) is 0 Å². The van der Waals surface area contributed by atoms with Crippen molar-refractivity contribution in [2.45, 2.75) is 6.54 Å². The molecule has 0 aromatic carbocycles. The van der Waals surface area contributed by atoms with Gasteiger partial charge in [0.1, 0.15) is 0 Å². The molecule has 16 heavy (non-hydrogen) atoms. The number of likely N-dealkylation sites (N-methyl/N-ethyl adjacent to an activating group) is 1. The number of carbonyl (C=O) groups is 1. The summed E-state index contributed by atoms with van der Waals surface area (Å²) in [5.74, 6) is -0.833. The van der Waals surface area contributed by atoms with Crippen LogP contribution >= 0.6 is 11.3 Å². The Morgan fingerprint density at radius 1 is 1.44 bits per heavy atom. The summed E-state index contributed by atoms with van der Waals surface area (Å²) in [6.45, 7) is 5.20. The fourth-order valence-electron chi connectivity index (χ4n) is 1.80. The van der Waals surface area contributed by atoms with Crippen molar-refractivity contribution >= 4 is 17.3 Å². The van der Waals surface area contributed by atoms with Crippen molar-refractivity contribution in [2.24, 2.45) is 0 Å². The van der Waals surface area contributed by atoms with Gasteiger partial charge < -0.3 is 10.0 Å². The number of carboxylic acids is 1. The molecular weight excluding hydrogens is 224 g/mol. The van der Waals surface area contributed by atoms with Crippen LogP contribution in [0.15, 0.2) is 11.4 Å². The fraction of sp³-hybridized carbons (Fsp3) is 0.545. The van der Waals surface area contributed by atoms with Gasteiger partial charge in [0.15, 0.2) is 0 Å². The normalized spacial score (nSPS) is 18.8. The number of aromatic carboxylic acids is 1. The Labute approximate surface area is 99.1 Å². The lowest BCUT2D eigenvalue weighted by Crippen LogP contribution is -2.43. The van der Waals surface area contributed by atoms with Gasteiger partial charge in [0.2, 0.25) is 0 Å². The molecule has 1 aliphatic rings. The van der Waals surface area contributed by atoms with E-state index in [0.717, 1.165) is 37.6 Å². The van der Waals surface area contributed by atoms with Gasteiger partial charge in [-0.25, -0.2) is 4.79 Å². The maximum Gasteiger partial charge on any atom is 0.336 e. The molecule has 4 nitrogen and oxygen atoms in total. The minimum atomic E-state index is -0.833. The molecule has 1 aromatic heterocycles. The van der Waals surface area contributed by atoms with Crippen LogP contribution in [0, 0.1) is 0 Å². The molecule has 1 N–H and O–H groups in total. The summed E-state index contributed by atoms with van der Waals surface area (Å²) in [5, 5.41) is 10.5. The van der Waals surface area contributed by atoms with Crippen molar-refractivity contribution in [3.8, 4) is 0 Å². The van der Waals surface area contributed by atoms with E-state index in [1.807, 2.05) is 0 Å². The summed E-state index contributed by atoms with van der Waals surface area (Å²) in [6.07, 6.45) is 0. The van der Waals surface area contributed by atoms with Gasteiger partial charge in [-0.05, 0) is 13.1 Å². The third-order valence-electron chi connectivity index (χ3n) is 2.88. The summed E-state index contributed by atoms with van der Waals surface area (Å²) >= 11 is 1.54. The van der Waals surface area contributed by atoms with Crippen LogP contribution in [0.5, 0.6) is 0 Å². The molecule has 5 heteroatoms. The number of thiophene rings is 1. The van der Waals surface area contributed by atoms with Gasteiger partial charge in [-0.2, -0.15) is 0 Å². The van der Waals surface area contributed by atoms with Crippen LogP contribution < -0.4 is 0 Å². The van der Waals surface area contributed by atoms with Crippen molar-refractivity contribution in [2.75, 3.05) is 33.2 Å². The first-order valence-corrected chi connectivity index (χ1v) is 6.25. The summed E-state index contributed by atoms with van der Waals surface area (Å²) in [4.78, 5) is 16.6. The van der Waals surface area contributed by atoms with E-state index in [1.54, 1.807) is 11.4 Å². The van der Waals surface area contributed by atoms with E-state index in [2.05, 4.69) is 16.8 Å². The third-order valence-corrected chi connectivity index (χ3v) is 3.80. The van der Waals surface area contributed by atoms with Gasteiger partial charge in [0, 0.05) is 43.0 Å². The standard InChI is InChI=1S/C11H16N2O2S/c1-12-2-4-13(5-3-12)7-10-6-9(8-16-10)11(14)15/h6,8H,2-5,7H2,1H3,(H,14,15). The van der Waals surface area contributed by atoms with Gasteiger partial charge in [-0.3, -0.25) is 4.90 Å². The molecule has 0 bridgehead atoms. The molecule has 0 unspecified atom stereocenters. The molecule has 1 fully saturated rings. The first kappa shape index (κ1) is 11.6. The zero-order chi connectivity index (χ0) is 11.5. The Balaban J connectivity index is 1.91. The summed E-state index contributed by atoms with van der Waals surface area (Å²) < 4.78 is 0. The minimum Gasteiger partial charge on any atom is -0.478 e. The van der Waals surface area contributed by atoms with Crippen molar-refractivity contribution in [3.05, 3.63) is 21.9 Å². The molecule has 0 atom stereocenters. The van der Waals surface area contributed by atoms with Crippen LogP contribution in [0.25, 0.3) is 0 Å². The quantitative estimate of drug-likeness (QED) is 0.862. The highest BCUT2D eigenvalue weighted by Gasteiger charge is 2.15. The molecule has 1 aliphatic heterocycles. The average Bonchev–Trinajstić information content (AvgIpc) is 2.70.